The van der Waals surface area contributed by atoms with E-state index in [1.54, 1.807) is 12.4 Å². The normalized spacial score (nSPS) is 21.2. The maximum Gasteiger partial charge on any atom is 0.249 e. The van der Waals surface area contributed by atoms with Gasteiger partial charge in [-0.2, -0.15) is 5.10 Å². The number of aromatic nitrogens is 1. The van der Waals surface area contributed by atoms with Crippen LogP contribution in [0.4, 0.5) is 0 Å². The first-order chi connectivity index (χ1) is 6.29. The average molecular weight is 175 g/mol. The van der Waals surface area contributed by atoms with Crippen molar-refractivity contribution in [3.05, 3.63) is 30.1 Å². The van der Waals surface area contributed by atoms with Gasteiger partial charge in [-0.05, 0) is 19.1 Å². The fraction of sp³-hybridized carbons (Fsp3) is 0.222. The van der Waals surface area contributed by atoms with Gasteiger partial charge in [-0.25, -0.2) is 5.43 Å². The van der Waals surface area contributed by atoms with Gasteiger partial charge in [0.25, 0.3) is 0 Å². The number of amides is 1. The first-order valence-electron chi connectivity index (χ1n) is 4.07. The molecule has 13 heavy (non-hydrogen) atoms. The van der Waals surface area contributed by atoms with Crippen LogP contribution in [0.3, 0.4) is 0 Å². The molecule has 1 aromatic rings. The molecule has 0 fully saturated rings. The van der Waals surface area contributed by atoms with Gasteiger partial charge in [0.1, 0.15) is 0 Å². The summed E-state index contributed by atoms with van der Waals surface area (Å²) in [6.07, 6.45) is 3.40. The summed E-state index contributed by atoms with van der Waals surface area (Å²) in [5.74, 6) is -0.233. The number of hydrazone groups is 1. The van der Waals surface area contributed by atoms with E-state index in [4.69, 9.17) is 0 Å². The monoisotopic (exact) mass is 175 g/mol. The van der Waals surface area contributed by atoms with E-state index in [0.29, 0.717) is 0 Å². The summed E-state index contributed by atoms with van der Waals surface area (Å²) in [5.41, 5.74) is 4.10. The summed E-state index contributed by atoms with van der Waals surface area (Å²) in [4.78, 5) is 15.1. The Morgan fingerprint density at radius 2 is 2.38 bits per heavy atom. The smallest absolute Gasteiger partial charge is 0.249 e. The summed E-state index contributed by atoms with van der Waals surface area (Å²) >= 11 is 0. The first kappa shape index (κ1) is 7.91. The number of nitrogens with one attached hydrogen (secondary N) is 1. The van der Waals surface area contributed by atoms with E-state index < -0.39 is 0 Å². The molecule has 4 nitrogen and oxygen atoms in total. The Hall–Kier alpha value is -1.71. The standard InChI is InChI=1S/C9H9N3O/c1-6-8(11-12-9(6)13)7-3-2-4-10-5-7/h2-6H,1H3,(H,12,13). The van der Waals surface area contributed by atoms with Gasteiger partial charge in [-0.3, -0.25) is 9.78 Å². The van der Waals surface area contributed by atoms with Crippen LogP contribution in [0.1, 0.15) is 12.5 Å². The Kier molecular flexibility index (Phi) is 1.81. The Morgan fingerprint density at radius 1 is 1.54 bits per heavy atom. The molecule has 0 bridgehead atoms. The molecule has 0 aliphatic carbocycles. The van der Waals surface area contributed by atoms with Gasteiger partial charge in [0, 0.05) is 18.0 Å². The number of nitrogens with zero attached hydrogens (tertiary/aromatic N) is 2. The zero-order chi connectivity index (χ0) is 9.26. The Balaban J connectivity index is 2.34. The van der Waals surface area contributed by atoms with Crippen molar-refractivity contribution in [3.63, 3.8) is 0 Å². The molecule has 1 aromatic heterocycles. The van der Waals surface area contributed by atoms with Crippen molar-refractivity contribution in [1.82, 2.24) is 10.4 Å². The third-order valence-electron chi connectivity index (χ3n) is 2.05. The highest BCUT2D eigenvalue weighted by Crippen LogP contribution is 2.12. The zero-order valence-corrected chi connectivity index (χ0v) is 7.19. The van der Waals surface area contributed by atoms with Gasteiger partial charge >= 0.3 is 0 Å². The van der Waals surface area contributed by atoms with Crippen molar-refractivity contribution in [3.8, 4) is 0 Å². The molecule has 4 heteroatoms. The molecule has 2 heterocycles. The topological polar surface area (TPSA) is 54.4 Å². The fourth-order valence-corrected chi connectivity index (χ4v) is 1.26. The molecule has 0 aromatic carbocycles. The highest BCUT2D eigenvalue weighted by Gasteiger charge is 2.26. The van der Waals surface area contributed by atoms with Crippen molar-refractivity contribution in [1.29, 1.82) is 0 Å². The van der Waals surface area contributed by atoms with Crippen molar-refractivity contribution in [2.45, 2.75) is 6.92 Å². The van der Waals surface area contributed by atoms with E-state index in [2.05, 4.69) is 15.5 Å². The second kappa shape index (κ2) is 2.97. The highest BCUT2D eigenvalue weighted by molar-refractivity contribution is 6.15. The van der Waals surface area contributed by atoms with Gasteiger partial charge in [0.15, 0.2) is 0 Å². The van der Waals surface area contributed by atoms with Gasteiger partial charge in [0.05, 0.1) is 11.6 Å². The second-order valence-corrected chi connectivity index (χ2v) is 2.94. The summed E-state index contributed by atoms with van der Waals surface area (Å²) in [5, 5.41) is 3.95. The van der Waals surface area contributed by atoms with Crippen LogP contribution in [0.25, 0.3) is 0 Å². The van der Waals surface area contributed by atoms with Crippen molar-refractivity contribution in [2.24, 2.45) is 11.0 Å². The summed E-state index contributed by atoms with van der Waals surface area (Å²) < 4.78 is 0. The van der Waals surface area contributed by atoms with E-state index in [0.717, 1.165) is 11.3 Å². The number of rotatable bonds is 1. The lowest BCUT2D eigenvalue weighted by Gasteiger charge is -2.02. The van der Waals surface area contributed by atoms with Crippen molar-refractivity contribution < 1.29 is 4.79 Å². The van der Waals surface area contributed by atoms with Crippen LogP contribution in [0.15, 0.2) is 29.6 Å². The predicted molar refractivity (Wildman–Crippen MR) is 48.1 cm³/mol. The molecule has 1 unspecified atom stereocenters. The Morgan fingerprint density at radius 3 is 2.92 bits per heavy atom. The Labute approximate surface area is 75.7 Å². The number of carbonyl (C=O) groups is 1. The van der Waals surface area contributed by atoms with Crippen LogP contribution in [-0.4, -0.2) is 16.6 Å². The molecule has 0 saturated carbocycles. The molecule has 1 aliphatic rings. The van der Waals surface area contributed by atoms with E-state index >= 15 is 0 Å². The highest BCUT2D eigenvalue weighted by atomic mass is 16.2. The average Bonchev–Trinajstić information content (AvgIpc) is 2.49. The largest absolute Gasteiger partial charge is 0.272 e. The van der Waals surface area contributed by atoms with Crippen molar-refractivity contribution >= 4 is 11.6 Å². The molecular weight excluding hydrogens is 166 g/mol. The van der Waals surface area contributed by atoms with Gasteiger partial charge in [-0.1, -0.05) is 0 Å². The molecule has 1 N–H and O–H groups in total. The molecule has 0 spiro atoms. The summed E-state index contributed by atoms with van der Waals surface area (Å²) in [6, 6.07) is 3.72. The molecule has 1 amide bonds. The molecule has 2 rings (SSSR count). The molecule has 1 aliphatic heterocycles. The maximum absolute atomic E-state index is 11.1. The van der Waals surface area contributed by atoms with Gasteiger partial charge < -0.3 is 0 Å². The molecule has 66 valence electrons. The Bertz CT molecular complexity index is 358. The molecule has 0 saturated heterocycles. The summed E-state index contributed by atoms with van der Waals surface area (Å²) in [7, 11) is 0. The van der Waals surface area contributed by atoms with Crippen LogP contribution in [-0.2, 0) is 4.79 Å². The number of pyridine rings is 1. The third kappa shape index (κ3) is 1.30. The van der Waals surface area contributed by atoms with E-state index in [-0.39, 0.29) is 11.8 Å². The second-order valence-electron chi connectivity index (χ2n) is 2.94. The quantitative estimate of drug-likeness (QED) is 0.677. The van der Waals surface area contributed by atoms with E-state index in [1.807, 2.05) is 19.1 Å². The van der Waals surface area contributed by atoms with Crippen LogP contribution >= 0.6 is 0 Å². The van der Waals surface area contributed by atoms with Gasteiger partial charge in [-0.15, -0.1) is 0 Å². The van der Waals surface area contributed by atoms with E-state index in [1.165, 1.54) is 0 Å². The van der Waals surface area contributed by atoms with Crippen LogP contribution in [0.2, 0.25) is 0 Å². The number of carbonyl (C=O) groups excluding carboxylic acids is 1. The summed E-state index contributed by atoms with van der Waals surface area (Å²) in [6.45, 7) is 1.83. The number of hydrogen-bond acceptors (Lipinski definition) is 3. The third-order valence-corrected chi connectivity index (χ3v) is 2.05. The minimum atomic E-state index is -0.177. The lowest BCUT2D eigenvalue weighted by atomic mass is 10.0. The SMILES string of the molecule is CC1C(=O)NN=C1c1cccnc1. The van der Waals surface area contributed by atoms with Crippen LogP contribution < -0.4 is 5.43 Å². The first-order valence-corrected chi connectivity index (χ1v) is 4.07. The predicted octanol–water partition coefficient (Wildman–Crippen LogP) is 0.552. The molecule has 1 atom stereocenters. The zero-order valence-electron chi connectivity index (χ0n) is 7.19. The molecule has 0 radical (unpaired) electrons. The minimum absolute atomic E-state index is 0.0566. The maximum atomic E-state index is 11.1. The lowest BCUT2D eigenvalue weighted by molar-refractivity contribution is -0.121. The van der Waals surface area contributed by atoms with E-state index in [9.17, 15) is 4.79 Å². The van der Waals surface area contributed by atoms with Crippen LogP contribution in [0, 0.1) is 5.92 Å². The van der Waals surface area contributed by atoms with Crippen molar-refractivity contribution in [2.75, 3.05) is 0 Å². The fourth-order valence-electron chi connectivity index (χ4n) is 1.26. The van der Waals surface area contributed by atoms with Crippen LogP contribution in [0.5, 0.6) is 0 Å². The minimum Gasteiger partial charge on any atom is -0.272 e. The van der Waals surface area contributed by atoms with Gasteiger partial charge in [0.2, 0.25) is 5.91 Å². The molecular formula is C9H9N3O. The lowest BCUT2D eigenvalue weighted by Crippen LogP contribution is -2.20. The number of hydrogen-bond donors (Lipinski definition) is 1.